The minimum atomic E-state index is -0.363. The van der Waals surface area contributed by atoms with Gasteiger partial charge in [-0.05, 0) is 48.9 Å². The number of aromatic hydroxyl groups is 1. The summed E-state index contributed by atoms with van der Waals surface area (Å²) in [5.74, 6) is 0.995. The van der Waals surface area contributed by atoms with Crippen LogP contribution in [-0.2, 0) is 11.2 Å². The number of aromatic nitrogens is 2. The molecular formula is C22H29N3O5S. The van der Waals surface area contributed by atoms with E-state index in [1.807, 2.05) is 37.8 Å². The molecule has 0 fully saturated rings. The number of ether oxygens (including phenoxy) is 2. The molecule has 3 rings (SSSR count). The predicted octanol–water partition coefficient (Wildman–Crippen LogP) is 3.24. The maximum Gasteiger partial charge on any atom is 0.258 e. The van der Waals surface area contributed by atoms with Crippen LogP contribution in [0, 0.1) is 0 Å². The van der Waals surface area contributed by atoms with Gasteiger partial charge in [-0.25, -0.2) is 0 Å². The molecule has 0 unspecified atom stereocenters. The third kappa shape index (κ3) is 4.66. The van der Waals surface area contributed by atoms with Crippen molar-refractivity contribution in [3.63, 3.8) is 0 Å². The molecule has 1 aliphatic rings. The number of H-pyrrole nitrogens is 1. The Kier molecular flexibility index (Phi) is 7.15. The summed E-state index contributed by atoms with van der Waals surface area (Å²) in [6, 6.07) is 3.78. The van der Waals surface area contributed by atoms with Gasteiger partial charge >= 0.3 is 0 Å². The second kappa shape index (κ2) is 9.64. The molecule has 0 radical (unpaired) electrons. The van der Waals surface area contributed by atoms with Gasteiger partial charge in [-0.2, -0.15) is 4.98 Å². The molecule has 2 heterocycles. The molecule has 0 aliphatic carbocycles. The Hall–Kier alpha value is -2.68. The van der Waals surface area contributed by atoms with Crippen molar-refractivity contribution in [3.05, 3.63) is 39.2 Å². The van der Waals surface area contributed by atoms with Crippen molar-refractivity contribution in [2.24, 2.45) is 0 Å². The van der Waals surface area contributed by atoms with Crippen molar-refractivity contribution in [2.45, 2.75) is 50.7 Å². The Bertz CT molecular complexity index is 1020. The Labute approximate surface area is 186 Å². The molecule has 2 aromatic rings. The van der Waals surface area contributed by atoms with Crippen LogP contribution in [0.25, 0.3) is 0 Å². The van der Waals surface area contributed by atoms with Crippen LogP contribution in [0.15, 0.2) is 22.1 Å². The molecule has 0 saturated carbocycles. The summed E-state index contributed by atoms with van der Waals surface area (Å²) < 4.78 is 10.8. The number of carbonyl (C=O) groups excluding carboxylic acids is 1. The van der Waals surface area contributed by atoms with Crippen LogP contribution in [0.1, 0.15) is 55.8 Å². The van der Waals surface area contributed by atoms with E-state index < -0.39 is 0 Å². The maximum atomic E-state index is 12.9. The molecule has 1 amide bonds. The summed E-state index contributed by atoms with van der Waals surface area (Å²) in [5, 5.41) is 10.4. The molecule has 0 bridgehead atoms. The Balaban J connectivity index is 1.73. The number of aromatic amines is 1. The van der Waals surface area contributed by atoms with Gasteiger partial charge in [0.25, 0.3) is 5.56 Å². The van der Waals surface area contributed by atoms with Crippen LogP contribution >= 0.6 is 11.8 Å². The second-order valence-electron chi connectivity index (χ2n) is 7.63. The first kappa shape index (κ1) is 23.0. The van der Waals surface area contributed by atoms with E-state index in [0.717, 1.165) is 29.3 Å². The third-order valence-corrected chi connectivity index (χ3v) is 6.71. The van der Waals surface area contributed by atoms with E-state index in [9.17, 15) is 14.7 Å². The fourth-order valence-electron chi connectivity index (χ4n) is 3.87. The molecule has 2 atom stereocenters. The number of hydrogen-bond donors (Lipinski definition) is 2. The van der Waals surface area contributed by atoms with Crippen LogP contribution in [-0.4, -0.2) is 52.4 Å². The number of amides is 1. The van der Waals surface area contributed by atoms with Gasteiger partial charge in [-0.1, -0.05) is 25.6 Å². The van der Waals surface area contributed by atoms with Gasteiger partial charge in [0.05, 0.1) is 31.6 Å². The lowest BCUT2D eigenvalue weighted by Crippen LogP contribution is -2.40. The summed E-state index contributed by atoms with van der Waals surface area (Å²) in [5.41, 5.74) is 2.09. The fraction of sp³-hybridized carbons (Fsp3) is 0.500. The Morgan fingerprint density at radius 2 is 2.03 bits per heavy atom. The third-order valence-electron chi connectivity index (χ3n) is 5.86. The second-order valence-corrected chi connectivity index (χ2v) is 8.59. The number of nitrogens with zero attached hydrogens (tertiary/aromatic N) is 2. The van der Waals surface area contributed by atoms with Crippen LogP contribution < -0.4 is 15.0 Å². The largest absolute Gasteiger partial charge is 0.493 e. The SMILES string of the molecule is CC[C@H](C)c1c(O)nc(SCC(=O)N2CCc3cc(OC)c(OC)cc3[C@@H]2C)[nH]c1=O. The molecule has 8 nitrogen and oxygen atoms in total. The number of fused-ring (bicyclic) bond motifs is 1. The normalized spacial score (nSPS) is 16.5. The Morgan fingerprint density at radius 3 is 2.65 bits per heavy atom. The van der Waals surface area contributed by atoms with E-state index >= 15 is 0 Å². The van der Waals surface area contributed by atoms with E-state index in [-0.39, 0.29) is 45.8 Å². The van der Waals surface area contributed by atoms with Crippen molar-refractivity contribution in [1.29, 1.82) is 0 Å². The predicted molar refractivity (Wildman–Crippen MR) is 119 cm³/mol. The highest BCUT2D eigenvalue weighted by atomic mass is 32.2. The zero-order valence-electron chi connectivity index (χ0n) is 18.5. The maximum absolute atomic E-state index is 12.9. The van der Waals surface area contributed by atoms with Crippen molar-refractivity contribution < 1.29 is 19.4 Å². The monoisotopic (exact) mass is 447 g/mol. The smallest absolute Gasteiger partial charge is 0.258 e. The highest BCUT2D eigenvalue weighted by Gasteiger charge is 2.29. The first-order chi connectivity index (χ1) is 14.8. The van der Waals surface area contributed by atoms with Gasteiger partial charge in [0, 0.05) is 6.54 Å². The standard InChI is InChI=1S/C22H29N3O5S/c1-6-12(2)19-20(27)23-22(24-21(19)28)31-11-18(26)25-8-7-14-9-16(29-4)17(30-5)10-15(14)13(25)3/h9-10,12-13H,6-8,11H2,1-5H3,(H2,23,24,27,28)/t12-,13-/m0/s1. The summed E-state index contributed by atoms with van der Waals surface area (Å²) >= 11 is 1.11. The highest BCUT2D eigenvalue weighted by molar-refractivity contribution is 7.99. The zero-order valence-corrected chi connectivity index (χ0v) is 19.3. The van der Waals surface area contributed by atoms with E-state index in [1.54, 1.807) is 14.2 Å². The van der Waals surface area contributed by atoms with Crippen LogP contribution in [0.3, 0.4) is 0 Å². The van der Waals surface area contributed by atoms with Crippen LogP contribution in [0.4, 0.5) is 0 Å². The number of benzene rings is 1. The van der Waals surface area contributed by atoms with Gasteiger partial charge in [0.1, 0.15) is 0 Å². The number of carbonyl (C=O) groups is 1. The number of rotatable bonds is 7. The molecule has 0 spiro atoms. The summed E-state index contributed by atoms with van der Waals surface area (Å²) in [6.07, 6.45) is 1.43. The summed E-state index contributed by atoms with van der Waals surface area (Å²) in [7, 11) is 3.20. The summed E-state index contributed by atoms with van der Waals surface area (Å²) in [6.45, 7) is 6.38. The van der Waals surface area contributed by atoms with Gasteiger partial charge in [-0.3, -0.25) is 9.59 Å². The molecule has 1 aromatic heterocycles. The molecule has 9 heteroatoms. The lowest BCUT2D eigenvalue weighted by Gasteiger charge is -2.35. The number of thioether (sulfide) groups is 1. The molecule has 0 saturated heterocycles. The van der Waals surface area contributed by atoms with Crippen molar-refractivity contribution >= 4 is 17.7 Å². The number of methoxy groups -OCH3 is 2. The van der Waals surface area contributed by atoms with E-state index in [0.29, 0.717) is 24.5 Å². The fourth-order valence-corrected chi connectivity index (χ4v) is 4.61. The quantitative estimate of drug-likeness (QED) is 0.496. The number of hydrogen-bond acceptors (Lipinski definition) is 7. The average molecular weight is 448 g/mol. The van der Waals surface area contributed by atoms with Gasteiger partial charge < -0.3 is 24.5 Å². The molecular weight excluding hydrogens is 418 g/mol. The van der Waals surface area contributed by atoms with Crippen LogP contribution in [0.5, 0.6) is 17.4 Å². The molecule has 1 aliphatic heterocycles. The minimum Gasteiger partial charge on any atom is -0.493 e. The van der Waals surface area contributed by atoms with Gasteiger partial charge in [0.15, 0.2) is 16.7 Å². The van der Waals surface area contributed by atoms with Gasteiger partial charge in [0.2, 0.25) is 11.8 Å². The van der Waals surface area contributed by atoms with Crippen LogP contribution in [0.2, 0.25) is 0 Å². The molecule has 1 aromatic carbocycles. The molecule has 31 heavy (non-hydrogen) atoms. The van der Waals surface area contributed by atoms with Crippen molar-refractivity contribution in [3.8, 4) is 17.4 Å². The van der Waals surface area contributed by atoms with Gasteiger partial charge in [-0.15, -0.1) is 0 Å². The van der Waals surface area contributed by atoms with E-state index in [2.05, 4.69) is 9.97 Å². The Morgan fingerprint density at radius 1 is 1.35 bits per heavy atom. The van der Waals surface area contributed by atoms with Crippen molar-refractivity contribution in [2.75, 3.05) is 26.5 Å². The lowest BCUT2D eigenvalue weighted by atomic mass is 9.93. The first-order valence-corrected chi connectivity index (χ1v) is 11.3. The lowest BCUT2D eigenvalue weighted by molar-refractivity contribution is -0.130. The highest BCUT2D eigenvalue weighted by Crippen LogP contribution is 2.38. The average Bonchev–Trinajstić information content (AvgIpc) is 2.76. The van der Waals surface area contributed by atoms with Crippen molar-refractivity contribution in [1.82, 2.24) is 14.9 Å². The number of nitrogens with one attached hydrogen (secondary N) is 1. The zero-order chi connectivity index (χ0) is 22.7. The molecule has 2 N–H and O–H groups in total. The minimum absolute atomic E-state index is 0.0638. The summed E-state index contributed by atoms with van der Waals surface area (Å²) in [4.78, 5) is 33.8. The van der Waals surface area contributed by atoms with E-state index in [1.165, 1.54) is 0 Å². The first-order valence-electron chi connectivity index (χ1n) is 10.3. The molecule has 168 valence electrons. The topological polar surface area (TPSA) is 105 Å². The van der Waals surface area contributed by atoms with E-state index in [4.69, 9.17) is 9.47 Å².